The standard InChI is InChI=1S/C17H25FN4O2S/c1-17(2,3)24-16(23)22-10-5-6-12(22)15(18)11(7-10)21-13-8-20-14(25-4)9-19-13/h8-12,15H,5-7H2,1-4H3,(H,19,21)/t10-,11-,12+,15-/m1/s1. The molecule has 3 rings (SSSR count). The second-order valence-electron chi connectivity index (χ2n) is 7.56. The Morgan fingerprint density at radius 3 is 2.72 bits per heavy atom. The van der Waals surface area contributed by atoms with Gasteiger partial charge >= 0.3 is 6.09 Å². The molecule has 0 aliphatic carbocycles. The predicted molar refractivity (Wildman–Crippen MR) is 95.6 cm³/mol. The Balaban J connectivity index is 1.68. The zero-order chi connectivity index (χ0) is 18.2. The van der Waals surface area contributed by atoms with Crippen molar-refractivity contribution in [2.24, 2.45) is 0 Å². The molecule has 2 saturated heterocycles. The summed E-state index contributed by atoms with van der Waals surface area (Å²) in [4.78, 5) is 22.6. The number of anilines is 1. The summed E-state index contributed by atoms with van der Waals surface area (Å²) in [7, 11) is 0. The van der Waals surface area contributed by atoms with Crippen LogP contribution in [0.3, 0.4) is 0 Å². The molecule has 1 amide bonds. The van der Waals surface area contributed by atoms with E-state index in [0.29, 0.717) is 18.7 Å². The largest absolute Gasteiger partial charge is 0.444 e. The zero-order valence-corrected chi connectivity index (χ0v) is 15.8. The fraction of sp³-hybridized carbons (Fsp3) is 0.706. The molecule has 2 aliphatic rings. The smallest absolute Gasteiger partial charge is 0.410 e. The Kier molecular flexibility index (Phi) is 5.09. The van der Waals surface area contributed by atoms with Crippen molar-refractivity contribution in [2.75, 3.05) is 11.6 Å². The van der Waals surface area contributed by atoms with Gasteiger partial charge in [0.15, 0.2) is 0 Å². The van der Waals surface area contributed by atoms with Crippen LogP contribution in [0, 0.1) is 0 Å². The number of nitrogens with zero attached hydrogens (tertiary/aromatic N) is 3. The van der Waals surface area contributed by atoms with Gasteiger partial charge in [0.2, 0.25) is 0 Å². The van der Waals surface area contributed by atoms with E-state index in [1.807, 2.05) is 27.0 Å². The number of piperidine rings is 1. The molecule has 2 aliphatic heterocycles. The van der Waals surface area contributed by atoms with Crippen LogP contribution in [0.5, 0.6) is 0 Å². The number of alkyl halides is 1. The van der Waals surface area contributed by atoms with E-state index in [1.54, 1.807) is 17.3 Å². The van der Waals surface area contributed by atoms with Gasteiger partial charge in [-0.1, -0.05) is 0 Å². The minimum atomic E-state index is -1.16. The molecule has 0 saturated carbocycles. The second kappa shape index (κ2) is 6.97. The number of ether oxygens (including phenoxy) is 1. The Bertz CT molecular complexity index is 622. The maximum Gasteiger partial charge on any atom is 0.410 e. The van der Waals surface area contributed by atoms with Gasteiger partial charge in [0, 0.05) is 6.04 Å². The third kappa shape index (κ3) is 3.99. The van der Waals surface area contributed by atoms with Crippen molar-refractivity contribution < 1.29 is 13.9 Å². The molecule has 0 unspecified atom stereocenters. The van der Waals surface area contributed by atoms with Crippen molar-refractivity contribution >= 4 is 23.7 Å². The number of aromatic nitrogens is 2. The summed E-state index contributed by atoms with van der Waals surface area (Å²) in [6, 6.07) is -0.807. The fourth-order valence-corrected chi connectivity index (χ4v) is 3.89. The van der Waals surface area contributed by atoms with Crippen LogP contribution in [-0.2, 0) is 4.74 Å². The highest BCUT2D eigenvalue weighted by atomic mass is 32.2. The molecule has 4 atom stereocenters. The number of thioether (sulfide) groups is 1. The Morgan fingerprint density at radius 1 is 1.36 bits per heavy atom. The number of rotatable bonds is 3. The molecule has 25 heavy (non-hydrogen) atoms. The lowest BCUT2D eigenvalue weighted by Crippen LogP contribution is -2.57. The Labute approximate surface area is 151 Å². The van der Waals surface area contributed by atoms with Gasteiger partial charge < -0.3 is 10.1 Å². The van der Waals surface area contributed by atoms with Crippen LogP contribution in [-0.4, -0.2) is 57.1 Å². The SMILES string of the molecule is CSc1cnc(N[C@@H]2C[C@H]3CC[C@@H]([C@@H]2F)N3C(=O)OC(C)(C)C)cn1. The molecule has 3 heterocycles. The molecule has 2 bridgehead atoms. The molecule has 1 N–H and O–H groups in total. The number of fused-ring (bicyclic) bond motifs is 2. The highest BCUT2D eigenvalue weighted by Crippen LogP contribution is 2.39. The summed E-state index contributed by atoms with van der Waals surface area (Å²) in [5.41, 5.74) is -0.577. The van der Waals surface area contributed by atoms with Crippen molar-refractivity contribution in [1.82, 2.24) is 14.9 Å². The average Bonchev–Trinajstić information content (AvgIpc) is 2.89. The van der Waals surface area contributed by atoms with Crippen molar-refractivity contribution in [3.63, 3.8) is 0 Å². The van der Waals surface area contributed by atoms with Crippen molar-refractivity contribution in [3.05, 3.63) is 12.4 Å². The van der Waals surface area contributed by atoms with E-state index in [9.17, 15) is 4.79 Å². The van der Waals surface area contributed by atoms with Gasteiger partial charge in [0.25, 0.3) is 0 Å². The quantitative estimate of drug-likeness (QED) is 0.824. The van der Waals surface area contributed by atoms with E-state index in [-0.39, 0.29) is 12.1 Å². The first kappa shape index (κ1) is 18.2. The van der Waals surface area contributed by atoms with Crippen LogP contribution in [0.15, 0.2) is 17.4 Å². The van der Waals surface area contributed by atoms with E-state index in [2.05, 4.69) is 15.3 Å². The second-order valence-corrected chi connectivity index (χ2v) is 8.39. The fourth-order valence-electron chi connectivity index (χ4n) is 3.57. The van der Waals surface area contributed by atoms with Gasteiger partial charge in [-0.25, -0.2) is 19.2 Å². The molecule has 1 aromatic rings. The van der Waals surface area contributed by atoms with Gasteiger partial charge in [-0.05, 0) is 46.3 Å². The minimum Gasteiger partial charge on any atom is -0.444 e. The maximum absolute atomic E-state index is 15.0. The molecule has 6 nitrogen and oxygen atoms in total. The number of hydrogen-bond donors (Lipinski definition) is 1. The number of halogens is 1. The van der Waals surface area contributed by atoms with E-state index in [4.69, 9.17) is 4.74 Å². The summed E-state index contributed by atoms with van der Waals surface area (Å²) < 4.78 is 20.5. The van der Waals surface area contributed by atoms with Crippen LogP contribution >= 0.6 is 11.8 Å². The van der Waals surface area contributed by atoms with E-state index >= 15 is 4.39 Å². The van der Waals surface area contributed by atoms with Crippen molar-refractivity contribution in [1.29, 1.82) is 0 Å². The van der Waals surface area contributed by atoms with Gasteiger partial charge in [0.05, 0.1) is 24.5 Å². The molecule has 1 aromatic heterocycles. The van der Waals surface area contributed by atoms with Crippen LogP contribution in [0.4, 0.5) is 15.0 Å². The summed E-state index contributed by atoms with van der Waals surface area (Å²) >= 11 is 1.51. The Morgan fingerprint density at radius 2 is 2.12 bits per heavy atom. The topological polar surface area (TPSA) is 67.4 Å². The summed E-state index contributed by atoms with van der Waals surface area (Å²) in [6.45, 7) is 5.47. The van der Waals surface area contributed by atoms with Crippen LogP contribution in [0.25, 0.3) is 0 Å². The first-order valence-electron chi connectivity index (χ1n) is 8.56. The van der Waals surface area contributed by atoms with E-state index < -0.39 is 23.9 Å². The van der Waals surface area contributed by atoms with Crippen LogP contribution in [0.1, 0.15) is 40.0 Å². The first-order chi connectivity index (χ1) is 11.8. The summed E-state index contributed by atoms with van der Waals surface area (Å²) in [5.74, 6) is 0.565. The highest BCUT2D eigenvalue weighted by Gasteiger charge is 2.51. The van der Waals surface area contributed by atoms with Crippen LogP contribution < -0.4 is 5.32 Å². The molecule has 138 valence electrons. The van der Waals surface area contributed by atoms with Crippen molar-refractivity contribution in [2.45, 2.75) is 75.0 Å². The third-order valence-corrected chi connectivity index (χ3v) is 5.23. The average molecular weight is 368 g/mol. The minimum absolute atomic E-state index is 0.00257. The molecule has 8 heteroatoms. The first-order valence-corrected chi connectivity index (χ1v) is 9.79. The predicted octanol–water partition coefficient (Wildman–Crippen LogP) is 3.49. The maximum atomic E-state index is 15.0. The summed E-state index contributed by atoms with van der Waals surface area (Å²) in [5, 5.41) is 3.98. The number of nitrogens with one attached hydrogen (secondary N) is 1. The summed E-state index contributed by atoms with van der Waals surface area (Å²) in [6.07, 6.45) is 5.67. The van der Waals surface area contributed by atoms with Crippen LogP contribution in [0.2, 0.25) is 0 Å². The number of amides is 1. The highest BCUT2D eigenvalue weighted by molar-refractivity contribution is 7.98. The van der Waals surface area contributed by atoms with Gasteiger partial charge in [-0.2, -0.15) is 0 Å². The van der Waals surface area contributed by atoms with Crippen molar-refractivity contribution in [3.8, 4) is 0 Å². The molecule has 0 aromatic carbocycles. The van der Waals surface area contributed by atoms with E-state index in [0.717, 1.165) is 11.4 Å². The number of carbonyl (C=O) groups is 1. The van der Waals surface area contributed by atoms with E-state index in [1.165, 1.54) is 11.8 Å². The lowest BCUT2D eigenvalue weighted by Gasteiger charge is -2.41. The van der Waals surface area contributed by atoms with Gasteiger partial charge in [-0.3, -0.25) is 4.90 Å². The number of carbonyl (C=O) groups excluding carboxylic acids is 1. The molecule has 0 radical (unpaired) electrons. The number of hydrogen-bond acceptors (Lipinski definition) is 6. The lowest BCUT2D eigenvalue weighted by molar-refractivity contribution is -0.00833. The zero-order valence-electron chi connectivity index (χ0n) is 15.0. The van der Waals surface area contributed by atoms with Gasteiger partial charge in [-0.15, -0.1) is 11.8 Å². The monoisotopic (exact) mass is 368 g/mol. The normalized spacial score (nSPS) is 28.8. The van der Waals surface area contributed by atoms with Gasteiger partial charge in [0.1, 0.15) is 22.6 Å². The third-order valence-electron chi connectivity index (χ3n) is 4.60. The molecule has 0 spiro atoms. The molecular weight excluding hydrogens is 343 g/mol. The lowest BCUT2D eigenvalue weighted by atomic mass is 9.95. The molecular formula is C17H25FN4O2S. The Hall–Kier alpha value is -1.57. The molecule has 2 fully saturated rings.